The van der Waals surface area contributed by atoms with Crippen LogP contribution in [0, 0.1) is 5.82 Å². The lowest BCUT2D eigenvalue weighted by molar-refractivity contribution is -0.137. The van der Waals surface area contributed by atoms with Gasteiger partial charge in [0.15, 0.2) is 5.82 Å². The maximum atomic E-state index is 15.5. The summed E-state index contributed by atoms with van der Waals surface area (Å²) in [5.74, 6) is -1.61. The molecule has 0 radical (unpaired) electrons. The number of rotatable bonds is 7. The highest BCUT2D eigenvalue weighted by Crippen LogP contribution is 2.32. The molecule has 216 valence electrons. The Bertz CT molecular complexity index is 1330. The number of carbonyl (C=O) groups excluding carboxylic acids is 2. The van der Waals surface area contributed by atoms with E-state index < -0.39 is 41.2 Å². The molecule has 0 fully saturated rings. The van der Waals surface area contributed by atoms with E-state index in [1.54, 1.807) is 53.7 Å². The number of ether oxygens (including phenoxy) is 3. The number of carboxylic acids is 1. The molecule has 2 N–H and O–H groups in total. The smallest absolute Gasteiger partial charge is 0.425 e. The quantitative estimate of drug-likeness (QED) is 0.389. The van der Waals surface area contributed by atoms with Crippen LogP contribution in [0.4, 0.5) is 25.5 Å². The van der Waals surface area contributed by atoms with Gasteiger partial charge in [-0.25, -0.2) is 23.8 Å². The molecule has 2 aromatic rings. The van der Waals surface area contributed by atoms with Crippen molar-refractivity contribution >= 4 is 40.4 Å². The number of aliphatic carboxylic acids is 1. The SMILES string of the molecule is CCOC1=CCCC(C(Nc2cc3ccnc(N(C(=O)OC(C)(C)C)C(=O)OC(C)(C)C)c3cc2F)C(=O)O)=C1. The van der Waals surface area contributed by atoms with Crippen LogP contribution >= 0.6 is 0 Å². The third-order valence-electron chi connectivity index (χ3n) is 5.53. The van der Waals surface area contributed by atoms with Crippen LogP contribution in [0.3, 0.4) is 0 Å². The average molecular weight is 558 g/mol. The molecule has 3 rings (SSSR count). The zero-order valence-electron chi connectivity index (χ0n) is 23.8. The molecule has 1 aliphatic rings. The van der Waals surface area contributed by atoms with Gasteiger partial charge in [-0.15, -0.1) is 0 Å². The van der Waals surface area contributed by atoms with Crippen LogP contribution in [0.5, 0.6) is 0 Å². The van der Waals surface area contributed by atoms with Crippen molar-refractivity contribution in [3.8, 4) is 0 Å². The van der Waals surface area contributed by atoms with Crippen molar-refractivity contribution in [2.75, 3.05) is 16.8 Å². The first kappa shape index (κ1) is 30.4. The number of imide groups is 1. The number of nitrogens with one attached hydrogen (secondary N) is 1. The van der Waals surface area contributed by atoms with E-state index in [1.165, 1.54) is 12.3 Å². The Labute approximate surface area is 232 Å². The molecule has 11 heteroatoms. The largest absolute Gasteiger partial charge is 0.494 e. The second kappa shape index (κ2) is 11.9. The summed E-state index contributed by atoms with van der Waals surface area (Å²) in [5.41, 5.74) is -1.43. The van der Waals surface area contributed by atoms with Gasteiger partial charge in [-0.3, -0.25) is 0 Å². The fourth-order valence-corrected chi connectivity index (χ4v) is 3.99. The minimum Gasteiger partial charge on any atom is -0.494 e. The van der Waals surface area contributed by atoms with Crippen LogP contribution in [0.2, 0.25) is 0 Å². The van der Waals surface area contributed by atoms with Gasteiger partial charge in [0.1, 0.15) is 28.8 Å². The van der Waals surface area contributed by atoms with E-state index in [4.69, 9.17) is 14.2 Å². The summed E-state index contributed by atoms with van der Waals surface area (Å²) in [5, 5.41) is 13.2. The maximum Gasteiger partial charge on any atom is 0.425 e. The molecule has 1 heterocycles. The van der Waals surface area contributed by atoms with Crippen LogP contribution in [0.25, 0.3) is 10.8 Å². The Morgan fingerprint density at radius 2 is 1.73 bits per heavy atom. The highest BCUT2D eigenvalue weighted by molar-refractivity contribution is 6.14. The van der Waals surface area contributed by atoms with Gasteiger partial charge < -0.3 is 24.6 Å². The van der Waals surface area contributed by atoms with Gasteiger partial charge in [0.05, 0.1) is 12.3 Å². The van der Waals surface area contributed by atoms with Gasteiger partial charge in [0.2, 0.25) is 0 Å². The first-order valence-electron chi connectivity index (χ1n) is 13.0. The lowest BCUT2D eigenvalue weighted by atomic mass is 9.96. The second-order valence-corrected chi connectivity index (χ2v) is 11.2. The predicted octanol–water partition coefficient (Wildman–Crippen LogP) is 6.56. The highest BCUT2D eigenvalue weighted by Gasteiger charge is 2.35. The number of fused-ring (bicyclic) bond motifs is 1. The molecule has 0 saturated heterocycles. The number of hydrogen-bond acceptors (Lipinski definition) is 8. The fourth-order valence-electron chi connectivity index (χ4n) is 3.99. The van der Waals surface area contributed by atoms with Gasteiger partial charge >= 0.3 is 18.2 Å². The number of amides is 2. The lowest BCUT2D eigenvalue weighted by Gasteiger charge is -2.28. The fraction of sp³-hybridized carbons (Fsp3) is 0.448. The van der Waals surface area contributed by atoms with Crippen LogP contribution in [0.15, 0.2) is 47.9 Å². The summed E-state index contributed by atoms with van der Waals surface area (Å²) in [7, 11) is 0. The summed E-state index contributed by atoms with van der Waals surface area (Å²) < 4.78 is 31.9. The number of pyridine rings is 1. The van der Waals surface area contributed by atoms with Crippen LogP contribution in [-0.4, -0.2) is 52.1 Å². The van der Waals surface area contributed by atoms with Crippen LogP contribution < -0.4 is 10.2 Å². The zero-order chi connectivity index (χ0) is 29.8. The van der Waals surface area contributed by atoms with Crippen molar-refractivity contribution in [3.05, 3.63) is 53.7 Å². The number of aromatic nitrogens is 1. The number of nitrogens with zero attached hydrogens (tertiary/aromatic N) is 2. The summed E-state index contributed by atoms with van der Waals surface area (Å²) >= 11 is 0. The van der Waals surface area contributed by atoms with Crippen molar-refractivity contribution in [1.82, 2.24) is 4.98 Å². The standard InChI is InChI=1S/C29H36FN3O7/c1-8-38-19-11-9-10-18(14-19)23(25(34)35)32-22-15-17-12-13-31-24(20(17)16-21(22)30)33(26(36)39-28(2,3)4)27(37)40-29(5,6)7/h11-16,23,32H,8-10H2,1-7H3,(H,34,35). The monoisotopic (exact) mass is 557 g/mol. The van der Waals surface area contributed by atoms with E-state index in [9.17, 15) is 19.5 Å². The van der Waals surface area contributed by atoms with Crippen LogP contribution in [-0.2, 0) is 19.0 Å². The van der Waals surface area contributed by atoms with Crippen LogP contribution in [0.1, 0.15) is 61.3 Å². The summed E-state index contributed by atoms with van der Waals surface area (Å²) in [6.07, 6.45) is 3.84. The molecule has 10 nitrogen and oxygen atoms in total. The molecule has 1 aromatic carbocycles. The maximum absolute atomic E-state index is 15.5. The third kappa shape index (κ3) is 7.71. The Morgan fingerprint density at radius 3 is 2.27 bits per heavy atom. The topological polar surface area (TPSA) is 127 Å². The van der Waals surface area contributed by atoms with Crippen molar-refractivity contribution in [1.29, 1.82) is 0 Å². The molecule has 1 unspecified atom stereocenters. The number of hydrogen-bond donors (Lipinski definition) is 2. The van der Waals surface area contributed by atoms with Crippen molar-refractivity contribution in [2.45, 2.75) is 78.6 Å². The summed E-state index contributed by atoms with van der Waals surface area (Å²) in [6.45, 7) is 12.1. The lowest BCUT2D eigenvalue weighted by Crippen LogP contribution is -2.44. The highest BCUT2D eigenvalue weighted by atomic mass is 19.1. The molecule has 0 bridgehead atoms. The van der Waals surface area contributed by atoms with E-state index in [1.807, 2.05) is 13.0 Å². The van der Waals surface area contributed by atoms with E-state index >= 15 is 4.39 Å². The molecule has 2 amide bonds. The number of halogens is 1. The van der Waals surface area contributed by atoms with Gasteiger partial charge in [-0.05, 0) is 103 Å². The molecule has 1 aliphatic carbocycles. The Hall–Kier alpha value is -4.15. The van der Waals surface area contributed by atoms with E-state index in [0.29, 0.717) is 41.1 Å². The molecule has 0 aliphatic heterocycles. The van der Waals surface area contributed by atoms with E-state index in [-0.39, 0.29) is 16.9 Å². The Morgan fingerprint density at radius 1 is 1.10 bits per heavy atom. The molecule has 0 spiro atoms. The molecule has 40 heavy (non-hydrogen) atoms. The number of carboxylic acid groups (broad SMARTS) is 1. The first-order chi connectivity index (χ1) is 18.6. The van der Waals surface area contributed by atoms with Gasteiger partial charge in [0.25, 0.3) is 0 Å². The number of allylic oxidation sites excluding steroid dienone is 2. The normalized spacial score (nSPS) is 14.5. The number of carbonyl (C=O) groups is 3. The second-order valence-electron chi connectivity index (χ2n) is 11.2. The van der Waals surface area contributed by atoms with Crippen molar-refractivity contribution < 1.29 is 38.1 Å². The molecular weight excluding hydrogens is 521 g/mol. The predicted molar refractivity (Wildman–Crippen MR) is 149 cm³/mol. The minimum atomic E-state index is -1.21. The Kier molecular flexibility index (Phi) is 9.07. The van der Waals surface area contributed by atoms with Crippen molar-refractivity contribution in [3.63, 3.8) is 0 Å². The summed E-state index contributed by atoms with van der Waals surface area (Å²) in [4.78, 5) is 43.2. The first-order valence-corrected chi connectivity index (χ1v) is 13.0. The molecule has 1 aromatic heterocycles. The Balaban J connectivity index is 2.06. The van der Waals surface area contributed by atoms with E-state index in [0.717, 1.165) is 6.07 Å². The summed E-state index contributed by atoms with van der Waals surface area (Å²) in [6, 6.07) is 2.83. The zero-order valence-corrected chi connectivity index (χ0v) is 23.8. The van der Waals surface area contributed by atoms with E-state index in [2.05, 4.69) is 10.3 Å². The van der Waals surface area contributed by atoms with Gasteiger partial charge in [-0.1, -0.05) is 0 Å². The molecule has 1 atom stereocenters. The third-order valence-corrected chi connectivity index (χ3v) is 5.53. The number of benzene rings is 1. The minimum absolute atomic E-state index is 0.0773. The van der Waals surface area contributed by atoms with Gasteiger partial charge in [-0.2, -0.15) is 4.90 Å². The molecule has 0 saturated carbocycles. The average Bonchev–Trinajstić information content (AvgIpc) is 2.81. The van der Waals surface area contributed by atoms with Gasteiger partial charge in [0, 0.05) is 11.6 Å². The molecular formula is C29H36FN3O7. The van der Waals surface area contributed by atoms with Crippen molar-refractivity contribution in [2.24, 2.45) is 0 Å². The number of anilines is 2.